The minimum absolute atomic E-state index is 0.393. The van der Waals surface area contributed by atoms with E-state index < -0.39 is 11.7 Å². The van der Waals surface area contributed by atoms with Crippen LogP contribution >= 0.6 is 23.1 Å². The Morgan fingerprint density at radius 3 is 2.80 bits per heavy atom. The summed E-state index contributed by atoms with van der Waals surface area (Å²) in [7, 11) is 0. The molecular weight excluding hydrogens is 352 g/mol. The molecule has 0 bridgehead atoms. The molecule has 0 radical (unpaired) electrons. The SMILES string of the molecule is CC(C)(C)OC(=O)NCc1ncc(Sc2ccc3c(c2)CCCC3)s1. The van der Waals surface area contributed by atoms with Gasteiger partial charge in [0, 0.05) is 4.90 Å². The average Bonchev–Trinajstić information content (AvgIpc) is 2.99. The number of benzene rings is 1. The average molecular weight is 377 g/mol. The molecule has 1 amide bonds. The summed E-state index contributed by atoms with van der Waals surface area (Å²) in [4.78, 5) is 17.4. The number of carbonyl (C=O) groups excluding carboxylic acids is 1. The molecule has 1 heterocycles. The fraction of sp³-hybridized carbons (Fsp3) is 0.474. The van der Waals surface area contributed by atoms with E-state index in [0.29, 0.717) is 6.54 Å². The first-order valence-corrected chi connectivity index (χ1v) is 10.2. The standard InChI is InChI=1S/C19H24N2O2S2/c1-19(2,3)23-18(22)21-11-16-20-12-17(25-16)24-15-9-8-13-6-4-5-7-14(13)10-15/h8-10,12H,4-7,11H2,1-3H3,(H,21,22). The van der Waals surface area contributed by atoms with Crippen LogP contribution < -0.4 is 5.32 Å². The highest BCUT2D eigenvalue weighted by Gasteiger charge is 2.16. The predicted octanol–water partition coefficient (Wildman–Crippen LogP) is 5.20. The van der Waals surface area contributed by atoms with Gasteiger partial charge in [0.15, 0.2) is 0 Å². The summed E-state index contributed by atoms with van der Waals surface area (Å²) in [5.41, 5.74) is 2.51. The van der Waals surface area contributed by atoms with E-state index in [0.717, 1.165) is 9.22 Å². The molecule has 1 N–H and O–H groups in total. The van der Waals surface area contributed by atoms with Crippen LogP contribution in [0.1, 0.15) is 49.7 Å². The molecule has 0 fully saturated rings. The van der Waals surface area contributed by atoms with Crippen molar-refractivity contribution in [3.05, 3.63) is 40.5 Å². The summed E-state index contributed by atoms with van der Waals surface area (Å²) in [5.74, 6) is 0. The number of hydrogen-bond donors (Lipinski definition) is 1. The molecule has 134 valence electrons. The summed E-state index contributed by atoms with van der Waals surface area (Å²) >= 11 is 3.34. The first-order chi connectivity index (χ1) is 11.9. The van der Waals surface area contributed by atoms with Crippen LogP contribution in [0.3, 0.4) is 0 Å². The maximum absolute atomic E-state index is 11.7. The zero-order valence-electron chi connectivity index (χ0n) is 14.9. The molecule has 0 unspecified atom stereocenters. The minimum atomic E-state index is -0.486. The fourth-order valence-electron chi connectivity index (χ4n) is 2.77. The van der Waals surface area contributed by atoms with Crippen LogP contribution in [0.15, 0.2) is 33.5 Å². The van der Waals surface area contributed by atoms with Crippen LogP contribution in [-0.4, -0.2) is 16.7 Å². The highest BCUT2D eigenvalue weighted by atomic mass is 32.2. The third-order valence-electron chi connectivity index (χ3n) is 3.85. The van der Waals surface area contributed by atoms with Crippen molar-refractivity contribution >= 4 is 29.2 Å². The number of aryl methyl sites for hydroxylation is 2. The predicted molar refractivity (Wildman–Crippen MR) is 102 cm³/mol. The summed E-state index contributed by atoms with van der Waals surface area (Å²) in [6.45, 7) is 5.94. The van der Waals surface area contributed by atoms with Gasteiger partial charge in [-0.3, -0.25) is 0 Å². The van der Waals surface area contributed by atoms with Gasteiger partial charge in [-0.2, -0.15) is 0 Å². The van der Waals surface area contributed by atoms with Gasteiger partial charge in [-0.15, -0.1) is 11.3 Å². The quantitative estimate of drug-likeness (QED) is 0.797. The molecular formula is C19H24N2O2S2. The van der Waals surface area contributed by atoms with Crippen molar-refractivity contribution in [2.24, 2.45) is 0 Å². The smallest absolute Gasteiger partial charge is 0.408 e. The third kappa shape index (κ3) is 5.47. The number of ether oxygens (including phenoxy) is 1. The number of hydrogen-bond acceptors (Lipinski definition) is 5. The van der Waals surface area contributed by atoms with Crippen LogP contribution in [0.4, 0.5) is 4.79 Å². The Bertz CT molecular complexity index is 750. The number of alkyl carbamates (subject to hydrolysis) is 1. The third-order valence-corrected chi connectivity index (χ3v) is 5.94. The molecule has 4 nitrogen and oxygen atoms in total. The number of fused-ring (bicyclic) bond motifs is 1. The number of carbonyl (C=O) groups is 1. The van der Waals surface area contributed by atoms with Crippen LogP contribution in [0.2, 0.25) is 0 Å². The zero-order chi connectivity index (χ0) is 17.9. The van der Waals surface area contributed by atoms with Crippen molar-refractivity contribution in [1.29, 1.82) is 0 Å². The maximum atomic E-state index is 11.7. The Hall–Kier alpha value is -1.53. The van der Waals surface area contributed by atoms with Crippen molar-refractivity contribution in [3.63, 3.8) is 0 Å². The van der Waals surface area contributed by atoms with E-state index in [-0.39, 0.29) is 0 Å². The normalized spacial score (nSPS) is 14.0. The second kappa shape index (κ2) is 7.79. The molecule has 2 aromatic rings. The van der Waals surface area contributed by atoms with Crippen LogP contribution in [0.5, 0.6) is 0 Å². The highest BCUT2D eigenvalue weighted by Crippen LogP contribution is 2.34. The van der Waals surface area contributed by atoms with E-state index in [1.165, 1.54) is 41.7 Å². The van der Waals surface area contributed by atoms with Crippen LogP contribution in [-0.2, 0) is 24.1 Å². The van der Waals surface area contributed by atoms with Gasteiger partial charge in [-0.1, -0.05) is 17.8 Å². The van der Waals surface area contributed by atoms with Crippen molar-refractivity contribution in [2.75, 3.05) is 0 Å². The lowest BCUT2D eigenvalue weighted by Crippen LogP contribution is -2.32. The second-order valence-corrected chi connectivity index (χ2v) is 9.66. The summed E-state index contributed by atoms with van der Waals surface area (Å²) < 4.78 is 6.37. The van der Waals surface area contributed by atoms with E-state index in [4.69, 9.17) is 4.74 Å². The molecule has 3 rings (SSSR count). The second-order valence-electron chi connectivity index (χ2n) is 7.17. The minimum Gasteiger partial charge on any atom is -0.444 e. The van der Waals surface area contributed by atoms with Gasteiger partial charge in [0.1, 0.15) is 10.6 Å². The van der Waals surface area contributed by atoms with Crippen LogP contribution in [0, 0.1) is 0 Å². The molecule has 1 aliphatic rings. The van der Waals surface area contributed by atoms with Gasteiger partial charge >= 0.3 is 6.09 Å². The maximum Gasteiger partial charge on any atom is 0.408 e. The van der Waals surface area contributed by atoms with E-state index in [1.54, 1.807) is 23.1 Å². The number of rotatable bonds is 4. The van der Waals surface area contributed by atoms with E-state index in [1.807, 2.05) is 27.0 Å². The van der Waals surface area contributed by atoms with Crippen molar-refractivity contribution in [3.8, 4) is 0 Å². The van der Waals surface area contributed by atoms with Gasteiger partial charge in [0.05, 0.1) is 17.0 Å². The molecule has 1 aromatic carbocycles. The van der Waals surface area contributed by atoms with Gasteiger partial charge in [-0.25, -0.2) is 9.78 Å². The highest BCUT2D eigenvalue weighted by molar-refractivity contribution is 8.01. The fourth-order valence-corrected chi connectivity index (χ4v) is 4.78. The zero-order valence-corrected chi connectivity index (χ0v) is 16.6. The molecule has 6 heteroatoms. The largest absolute Gasteiger partial charge is 0.444 e. The number of nitrogens with one attached hydrogen (secondary N) is 1. The molecule has 0 spiro atoms. The summed E-state index contributed by atoms with van der Waals surface area (Å²) in [5, 5.41) is 3.63. The number of amides is 1. The number of thiazole rings is 1. The Balaban J connectivity index is 1.56. The van der Waals surface area contributed by atoms with Gasteiger partial charge in [-0.05, 0) is 69.7 Å². The molecule has 0 saturated heterocycles. The van der Waals surface area contributed by atoms with E-state index >= 15 is 0 Å². The monoisotopic (exact) mass is 376 g/mol. The van der Waals surface area contributed by atoms with Gasteiger partial charge in [0.25, 0.3) is 0 Å². The summed E-state index contributed by atoms with van der Waals surface area (Å²) in [6.07, 6.45) is 6.47. The number of nitrogens with zero attached hydrogens (tertiary/aromatic N) is 1. The molecule has 1 aliphatic carbocycles. The first-order valence-electron chi connectivity index (χ1n) is 8.60. The lowest BCUT2D eigenvalue weighted by Gasteiger charge is -2.19. The molecule has 0 atom stereocenters. The van der Waals surface area contributed by atoms with Gasteiger partial charge < -0.3 is 10.1 Å². The first kappa shape index (κ1) is 18.3. The van der Waals surface area contributed by atoms with E-state index in [2.05, 4.69) is 28.5 Å². The lowest BCUT2D eigenvalue weighted by atomic mass is 9.92. The summed E-state index contributed by atoms with van der Waals surface area (Å²) in [6, 6.07) is 6.79. The lowest BCUT2D eigenvalue weighted by molar-refractivity contribution is 0.0523. The van der Waals surface area contributed by atoms with Crippen molar-refractivity contribution < 1.29 is 9.53 Å². The molecule has 25 heavy (non-hydrogen) atoms. The molecule has 0 aliphatic heterocycles. The van der Waals surface area contributed by atoms with E-state index in [9.17, 15) is 4.79 Å². The van der Waals surface area contributed by atoms with Crippen molar-refractivity contribution in [2.45, 2.75) is 67.7 Å². The molecule has 1 aromatic heterocycles. The Kier molecular flexibility index (Phi) is 5.69. The Morgan fingerprint density at radius 1 is 1.28 bits per heavy atom. The Morgan fingerprint density at radius 2 is 2.04 bits per heavy atom. The van der Waals surface area contributed by atoms with Crippen LogP contribution in [0.25, 0.3) is 0 Å². The topological polar surface area (TPSA) is 51.2 Å². The molecule has 0 saturated carbocycles. The van der Waals surface area contributed by atoms with Gasteiger partial charge in [0.2, 0.25) is 0 Å². The van der Waals surface area contributed by atoms with Crippen molar-refractivity contribution in [1.82, 2.24) is 10.3 Å². The number of aromatic nitrogens is 1. The Labute approximate surface area is 157 Å².